The number of halogens is 2. The monoisotopic (exact) mass is 422 g/mol. The van der Waals surface area contributed by atoms with Crippen LogP contribution in [-0.2, 0) is 14.0 Å². The molecule has 0 atom stereocenters. The van der Waals surface area contributed by atoms with Crippen LogP contribution in [0.4, 0.5) is 18.6 Å². The van der Waals surface area contributed by atoms with Gasteiger partial charge in [0.2, 0.25) is 0 Å². The maximum absolute atomic E-state index is 14.8. The number of ether oxygens (including phenoxy) is 1. The molecule has 2 heterocycles. The molecule has 3 rings (SSSR count). The first-order chi connectivity index (χ1) is 13.4. The minimum absolute atomic E-state index is 0.0287. The van der Waals surface area contributed by atoms with E-state index in [9.17, 15) is 18.8 Å². The number of nitrogens with one attached hydrogen (secondary N) is 1. The van der Waals surface area contributed by atoms with Gasteiger partial charge >= 0.3 is 13.2 Å². The zero-order valence-corrected chi connectivity index (χ0v) is 17.6. The molecule has 1 aliphatic heterocycles. The van der Waals surface area contributed by atoms with Gasteiger partial charge in [-0.25, -0.2) is 13.6 Å². The van der Waals surface area contributed by atoms with Crippen molar-refractivity contribution in [2.75, 3.05) is 18.5 Å². The predicted octanol–water partition coefficient (Wildman–Crippen LogP) is 4.17. The molecule has 1 fully saturated rings. The average Bonchev–Trinajstić information content (AvgIpc) is 2.92. The van der Waals surface area contributed by atoms with Crippen LogP contribution in [0.1, 0.15) is 40.2 Å². The lowest BCUT2D eigenvalue weighted by atomic mass is 9.73. The zero-order valence-electron chi connectivity index (χ0n) is 16.8. The van der Waals surface area contributed by atoms with Gasteiger partial charge < -0.3 is 14.0 Å². The van der Waals surface area contributed by atoms with Crippen LogP contribution in [0.15, 0.2) is 6.07 Å². The van der Waals surface area contributed by atoms with Gasteiger partial charge in [-0.05, 0) is 20.8 Å². The van der Waals surface area contributed by atoms with Crippen molar-refractivity contribution in [2.45, 2.75) is 40.2 Å². The summed E-state index contributed by atoms with van der Waals surface area (Å²) in [6.07, 6.45) is -0.796. The molecule has 2 aromatic rings. The number of nitriles is 1. The fraction of sp³-hybridized carbons (Fsp3) is 0.474. The van der Waals surface area contributed by atoms with E-state index in [0.717, 1.165) is 17.4 Å². The number of hydrogen-bond donors (Lipinski definition) is 1. The molecule has 1 amide bonds. The summed E-state index contributed by atoms with van der Waals surface area (Å²) in [5.74, 6) is -1.71. The third-order valence-corrected chi connectivity index (χ3v) is 5.23. The maximum atomic E-state index is 14.8. The topological polar surface area (TPSA) is 80.6 Å². The van der Waals surface area contributed by atoms with Gasteiger partial charge in [-0.1, -0.05) is 13.8 Å². The molecule has 1 aromatic heterocycles. The van der Waals surface area contributed by atoms with Crippen LogP contribution < -0.4 is 10.8 Å². The lowest BCUT2D eigenvalue weighted by Gasteiger charge is -2.33. The summed E-state index contributed by atoms with van der Waals surface area (Å²) >= 11 is 0.829. The molecule has 154 valence electrons. The molecule has 0 radical (unpaired) electrons. The molecule has 1 aromatic carbocycles. The van der Waals surface area contributed by atoms with E-state index < -0.39 is 30.4 Å². The molecule has 10 heteroatoms. The molecule has 1 saturated heterocycles. The molecular weight excluding hydrogens is 401 g/mol. The van der Waals surface area contributed by atoms with Crippen LogP contribution in [0.2, 0.25) is 0 Å². The van der Waals surface area contributed by atoms with Crippen LogP contribution in [0.25, 0.3) is 10.1 Å². The van der Waals surface area contributed by atoms with Gasteiger partial charge in [0.05, 0.1) is 10.3 Å². The van der Waals surface area contributed by atoms with Gasteiger partial charge in [-0.3, -0.25) is 5.32 Å². The summed E-state index contributed by atoms with van der Waals surface area (Å²) in [4.78, 5) is 12.1. The van der Waals surface area contributed by atoms with E-state index >= 15 is 0 Å². The van der Waals surface area contributed by atoms with Crippen molar-refractivity contribution in [3.8, 4) is 6.07 Å². The molecule has 0 saturated carbocycles. The number of amides is 1. The second kappa shape index (κ2) is 7.56. The molecule has 1 N–H and O–H groups in total. The van der Waals surface area contributed by atoms with Crippen molar-refractivity contribution in [3.05, 3.63) is 23.3 Å². The van der Waals surface area contributed by atoms with Crippen LogP contribution >= 0.6 is 11.3 Å². The summed E-state index contributed by atoms with van der Waals surface area (Å²) in [5.41, 5.74) is -1.13. The average molecular weight is 422 g/mol. The van der Waals surface area contributed by atoms with E-state index in [2.05, 4.69) is 5.32 Å². The Labute approximate surface area is 171 Å². The highest BCUT2D eigenvalue weighted by Crippen LogP contribution is 2.37. The molecule has 0 unspecified atom stereocenters. The molecular formula is C19H21BF2N2O4S. The first-order valence-corrected chi connectivity index (χ1v) is 9.81. The van der Waals surface area contributed by atoms with Gasteiger partial charge in [0.15, 0.2) is 0 Å². The van der Waals surface area contributed by atoms with Crippen molar-refractivity contribution >= 4 is 45.1 Å². The molecule has 0 spiro atoms. The Hall–Kier alpha value is -2.22. The van der Waals surface area contributed by atoms with Crippen LogP contribution in [0.3, 0.4) is 0 Å². The van der Waals surface area contributed by atoms with E-state index in [0.29, 0.717) is 13.2 Å². The fourth-order valence-electron chi connectivity index (χ4n) is 2.91. The highest BCUT2D eigenvalue weighted by molar-refractivity contribution is 7.23. The number of hydrogen-bond acceptors (Lipinski definition) is 6. The Balaban J connectivity index is 2.08. The number of benzene rings is 1. The molecule has 1 aliphatic rings. The van der Waals surface area contributed by atoms with Crippen molar-refractivity contribution < 1.29 is 27.6 Å². The standard InChI is InChI=1S/C19H21BF2N2O4S/c1-18(2,3)28-17(25)24-16-10(7-23)13-14(11(21)6-12(22)15(13)29-16)20-26-8-19(4,5)9-27-20/h6H,8-9H2,1-5H3,(H,24,25). The molecule has 6 nitrogen and oxygen atoms in total. The molecule has 0 bridgehead atoms. The van der Waals surface area contributed by atoms with Crippen molar-refractivity contribution in [3.63, 3.8) is 0 Å². The highest BCUT2D eigenvalue weighted by Gasteiger charge is 2.38. The molecule has 0 aliphatic carbocycles. The summed E-state index contributed by atoms with van der Waals surface area (Å²) in [6.45, 7) is 9.57. The SMILES string of the molecule is CC1(C)COB(c2c(F)cc(F)c3sc(NC(=O)OC(C)(C)C)c(C#N)c23)OC1. The fourth-order valence-corrected chi connectivity index (χ4v) is 3.97. The highest BCUT2D eigenvalue weighted by atomic mass is 32.1. The second-order valence-corrected chi connectivity index (χ2v) is 9.64. The van der Waals surface area contributed by atoms with Gasteiger partial charge in [0.1, 0.15) is 28.3 Å². The number of thiophene rings is 1. The van der Waals surface area contributed by atoms with E-state index in [1.54, 1.807) is 20.8 Å². The van der Waals surface area contributed by atoms with E-state index in [1.807, 2.05) is 19.9 Å². The number of rotatable bonds is 2. The Morgan fingerprint density at radius 1 is 1.31 bits per heavy atom. The van der Waals surface area contributed by atoms with Crippen molar-refractivity contribution in [1.29, 1.82) is 5.26 Å². The van der Waals surface area contributed by atoms with Gasteiger partial charge in [0, 0.05) is 35.5 Å². The number of carbonyl (C=O) groups excluding carboxylic acids is 1. The smallest absolute Gasteiger partial charge is 0.444 e. The van der Waals surface area contributed by atoms with Crippen LogP contribution in [-0.4, -0.2) is 32.0 Å². The first kappa shape index (κ1) is 21.5. The Morgan fingerprint density at radius 2 is 1.93 bits per heavy atom. The van der Waals surface area contributed by atoms with Crippen molar-refractivity contribution in [1.82, 2.24) is 0 Å². The van der Waals surface area contributed by atoms with E-state index in [4.69, 9.17) is 14.0 Å². The number of fused-ring (bicyclic) bond motifs is 1. The summed E-state index contributed by atoms with van der Waals surface area (Å²) < 4.78 is 45.8. The lowest BCUT2D eigenvalue weighted by molar-refractivity contribution is 0.0341. The minimum Gasteiger partial charge on any atom is -0.444 e. The summed E-state index contributed by atoms with van der Waals surface area (Å²) in [5, 5.41) is 12.2. The maximum Gasteiger partial charge on any atom is 0.497 e. The number of anilines is 1. The van der Waals surface area contributed by atoms with Crippen LogP contribution in [0, 0.1) is 28.4 Å². The number of nitrogens with zero attached hydrogens (tertiary/aromatic N) is 1. The van der Waals surface area contributed by atoms with Crippen LogP contribution in [0.5, 0.6) is 0 Å². The van der Waals surface area contributed by atoms with Crippen molar-refractivity contribution in [2.24, 2.45) is 5.41 Å². The largest absolute Gasteiger partial charge is 0.497 e. The van der Waals surface area contributed by atoms with Gasteiger partial charge in [0.25, 0.3) is 0 Å². The Bertz CT molecular complexity index is 1000. The quantitative estimate of drug-likeness (QED) is 0.735. The van der Waals surface area contributed by atoms with Gasteiger partial charge in [-0.2, -0.15) is 5.26 Å². The summed E-state index contributed by atoms with van der Waals surface area (Å²) in [6, 6.07) is 2.67. The van der Waals surface area contributed by atoms with E-state index in [-0.39, 0.29) is 31.5 Å². The van der Waals surface area contributed by atoms with E-state index in [1.165, 1.54) is 0 Å². The lowest BCUT2D eigenvalue weighted by Crippen LogP contribution is -2.48. The third-order valence-electron chi connectivity index (χ3n) is 4.12. The van der Waals surface area contributed by atoms with Gasteiger partial charge in [-0.15, -0.1) is 11.3 Å². The normalized spacial score (nSPS) is 16.6. The minimum atomic E-state index is -1.08. The Kier molecular flexibility index (Phi) is 5.60. The predicted molar refractivity (Wildman–Crippen MR) is 107 cm³/mol. The zero-order chi connectivity index (χ0) is 21.6. The molecule has 29 heavy (non-hydrogen) atoms. The summed E-state index contributed by atoms with van der Waals surface area (Å²) in [7, 11) is -1.08. The number of carbonyl (C=O) groups is 1. The second-order valence-electron chi connectivity index (χ2n) is 8.62. The third kappa shape index (κ3) is 4.52. The Morgan fingerprint density at radius 3 is 2.48 bits per heavy atom. The first-order valence-electron chi connectivity index (χ1n) is 8.99.